The summed E-state index contributed by atoms with van der Waals surface area (Å²) in [6, 6.07) is -5.03. The van der Waals surface area contributed by atoms with E-state index in [2.05, 4.69) is 28.6 Å². The highest BCUT2D eigenvalue weighted by Gasteiger charge is 2.32. The molecular weight excluding hydrogens is 420 g/mol. The summed E-state index contributed by atoms with van der Waals surface area (Å²) in [5.41, 5.74) is 5.59. The van der Waals surface area contributed by atoms with Gasteiger partial charge in [0.25, 0.3) is 0 Å². The molecule has 0 spiro atoms. The second kappa shape index (κ2) is 13.8. The molecule has 0 saturated heterocycles. The molecule has 0 bridgehead atoms. The van der Waals surface area contributed by atoms with Crippen LogP contribution in [0, 0.1) is 5.92 Å². The standard InChI is InChI=1S/C17H30N4O8S/c1-3-8(2)13(21-14(25)9(18)7-30)16(27)20-11(6-22)15(26)19-10(17(28)29)4-5-12(23)24/h8-11,13,22,30H,3-7,18H2,1-2H3,(H,19,26)(H,20,27)(H,21,25)(H,23,24)(H,28,29). The molecule has 0 heterocycles. The fourth-order valence-corrected chi connectivity index (χ4v) is 2.46. The number of amides is 3. The van der Waals surface area contributed by atoms with Crippen molar-refractivity contribution in [3.8, 4) is 0 Å². The fraction of sp³-hybridized carbons (Fsp3) is 0.706. The molecule has 0 radical (unpaired) electrons. The van der Waals surface area contributed by atoms with Crippen molar-refractivity contribution in [3.63, 3.8) is 0 Å². The Bertz CT molecular complexity index is 633. The number of aliphatic hydroxyl groups excluding tert-OH is 1. The molecule has 0 aromatic rings. The highest BCUT2D eigenvalue weighted by molar-refractivity contribution is 7.80. The van der Waals surface area contributed by atoms with Crippen LogP contribution in [-0.2, 0) is 24.0 Å². The molecule has 5 atom stereocenters. The number of rotatable bonds is 14. The van der Waals surface area contributed by atoms with Gasteiger partial charge in [-0.15, -0.1) is 0 Å². The normalized spacial score (nSPS) is 15.8. The van der Waals surface area contributed by atoms with Gasteiger partial charge in [0.2, 0.25) is 17.7 Å². The lowest BCUT2D eigenvalue weighted by Crippen LogP contribution is -2.59. The predicted molar refractivity (Wildman–Crippen MR) is 109 cm³/mol. The first-order chi connectivity index (χ1) is 14.0. The van der Waals surface area contributed by atoms with Crippen LogP contribution in [0.25, 0.3) is 0 Å². The maximum absolute atomic E-state index is 12.6. The summed E-state index contributed by atoms with van der Waals surface area (Å²) in [5.74, 6) is -5.39. The number of carboxylic acids is 2. The van der Waals surface area contributed by atoms with E-state index in [0.717, 1.165) is 0 Å². The molecular formula is C17H30N4O8S. The molecule has 3 amide bonds. The van der Waals surface area contributed by atoms with Crippen LogP contribution in [0.15, 0.2) is 0 Å². The third-order valence-corrected chi connectivity index (χ3v) is 4.80. The third kappa shape index (κ3) is 9.41. The Hall–Kier alpha value is -2.38. The van der Waals surface area contributed by atoms with E-state index >= 15 is 0 Å². The molecule has 0 aliphatic heterocycles. The van der Waals surface area contributed by atoms with E-state index in [1.165, 1.54) is 0 Å². The highest BCUT2D eigenvalue weighted by Crippen LogP contribution is 2.09. The van der Waals surface area contributed by atoms with E-state index in [-0.39, 0.29) is 18.1 Å². The first kappa shape index (κ1) is 27.6. The SMILES string of the molecule is CCC(C)C(NC(=O)C(N)CS)C(=O)NC(CO)C(=O)NC(CCC(=O)O)C(=O)O. The zero-order valence-electron chi connectivity index (χ0n) is 16.8. The number of aliphatic carboxylic acids is 2. The second-order valence-corrected chi connectivity index (χ2v) is 7.10. The molecule has 30 heavy (non-hydrogen) atoms. The van der Waals surface area contributed by atoms with Crippen LogP contribution in [0.5, 0.6) is 0 Å². The average molecular weight is 451 g/mol. The Labute approximate surface area is 179 Å². The summed E-state index contributed by atoms with van der Waals surface area (Å²) < 4.78 is 0. The van der Waals surface area contributed by atoms with E-state index < -0.39 is 66.9 Å². The highest BCUT2D eigenvalue weighted by atomic mass is 32.1. The maximum atomic E-state index is 12.6. The number of hydrogen-bond donors (Lipinski definition) is 8. The molecule has 0 rings (SSSR count). The number of carboxylic acid groups (broad SMARTS) is 2. The minimum absolute atomic E-state index is 0.0509. The topological polar surface area (TPSA) is 208 Å². The average Bonchev–Trinajstić information content (AvgIpc) is 2.70. The van der Waals surface area contributed by atoms with Crippen molar-refractivity contribution in [2.45, 2.75) is 57.3 Å². The van der Waals surface area contributed by atoms with Crippen molar-refractivity contribution in [1.29, 1.82) is 0 Å². The summed E-state index contributed by atoms with van der Waals surface area (Å²) in [7, 11) is 0. The minimum atomic E-state index is -1.52. The van der Waals surface area contributed by atoms with Gasteiger partial charge in [-0.25, -0.2) is 4.79 Å². The zero-order chi connectivity index (χ0) is 23.4. The van der Waals surface area contributed by atoms with Crippen LogP contribution in [0.1, 0.15) is 33.1 Å². The van der Waals surface area contributed by atoms with Gasteiger partial charge in [-0.05, 0) is 12.3 Å². The maximum Gasteiger partial charge on any atom is 0.326 e. The van der Waals surface area contributed by atoms with Gasteiger partial charge in [0, 0.05) is 12.2 Å². The van der Waals surface area contributed by atoms with Crippen LogP contribution < -0.4 is 21.7 Å². The van der Waals surface area contributed by atoms with Crippen molar-refractivity contribution in [1.82, 2.24) is 16.0 Å². The first-order valence-electron chi connectivity index (χ1n) is 9.31. The number of nitrogens with one attached hydrogen (secondary N) is 3. The molecule has 0 saturated carbocycles. The lowest BCUT2D eigenvalue weighted by atomic mass is 9.97. The van der Waals surface area contributed by atoms with Crippen LogP contribution in [-0.4, -0.2) is 81.5 Å². The van der Waals surface area contributed by atoms with E-state index in [1.807, 2.05) is 0 Å². The fourth-order valence-electron chi connectivity index (χ4n) is 2.30. The molecule has 0 aromatic heterocycles. The van der Waals surface area contributed by atoms with Crippen molar-refractivity contribution in [2.75, 3.05) is 12.4 Å². The molecule has 0 aromatic carbocycles. The summed E-state index contributed by atoms with van der Waals surface area (Å²) in [6.45, 7) is 2.63. The molecule has 0 aliphatic carbocycles. The number of thiol groups is 1. The van der Waals surface area contributed by atoms with Gasteiger partial charge in [0.05, 0.1) is 12.6 Å². The van der Waals surface area contributed by atoms with Crippen molar-refractivity contribution < 1.29 is 39.3 Å². The van der Waals surface area contributed by atoms with Gasteiger partial charge < -0.3 is 37.0 Å². The van der Waals surface area contributed by atoms with Crippen LogP contribution in [0.2, 0.25) is 0 Å². The van der Waals surface area contributed by atoms with E-state index in [1.54, 1.807) is 13.8 Å². The Balaban J connectivity index is 5.23. The lowest BCUT2D eigenvalue weighted by Gasteiger charge is -2.27. The van der Waals surface area contributed by atoms with Crippen molar-refractivity contribution >= 4 is 42.3 Å². The molecule has 8 N–H and O–H groups in total. The number of carbonyl (C=O) groups is 5. The quantitative estimate of drug-likeness (QED) is 0.133. The summed E-state index contributed by atoms with van der Waals surface area (Å²) in [4.78, 5) is 58.8. The molecule has 0 aliphatic rings. The van der Waals surface area contributed by atoms with Crippen molar-refractivity contribution in [3.05, 3.63) is 0 Å². The van der Waals surface area contributed by atoms with Crippen LogP contribution >= 0.6 is 12.6 Å². The van der Waals surface area contributed by atoms with Crippen LogP contribution in [0.4, 0.5) is 0 Å². The number of hydrogen-bond acceptors (Lipinski definition) is 8. The van der Waals surface area contributed by atoms with E-state index in [9.17, 15) is 29.1 Å². The predicted octanol–water partition coefficient (Wildman–Crippen LogP) is -2.31. The summed E-state index contributed by atoms with van der Waals surface area (Å²) in [6.07, 6.45) is -0.378. The van der Waals surface area contributed by atoms with Gasteiger partial charge in [0.15, 0.2) is 0 Å². The van der Waals surface area contributed by atoms with Gasteiger partial charge >= 0.3 is 11.9 Å². The molecule has 12 nitrogen and oxygen atoms in total. The molecule has 5 unspecified atom stereocenters. The van der Waals surface area contributed by atoms with E-state index in [0.29, 0.717) is 6.42 Å². The van der Waals surface area contributed by atoms with Gasteiger partial charge in [-0.1, -0.05) is 20.3 Å². The lowest BCUT2D eigenvalue weighted by molar-refractivity contribution is -0.143. The number of carbonyl (C=O) groups excluding carboxylic acids is 3. The minimum Gasteiger partial charge on any atom is -0.481 e. The molecule has 172 valence electrons. The van der Waals surface area contributed by atoms with E-state index in [4.69, 9.17) is 15.9 Å². The third-order valence-electron chi connectivity index (χ3n) is 4.40. The Morgan fingerprint density at radius 1 is 0.967 bits per heavy atom. The molecule has 13 heteroatoms. The zero-order valence-corrected chi connectivity index (χ0v) is 17.7. The summed E-state index contributed by atoms with van der Waals surface area (Å²) >= 11 is 3.92. The smallest absolute Gasteiger partial charge is 0.326 e. The Kier molecular flexibility index (Phi) is 12.7. The van der Waals surface area contributed by atoms with Crippen molar-refractivity contribution in [2.24, 2.45) is 11.7 Å². The second-order valence-electron chi connectivity index (χ2n) is 6.74. The number of aliphatic hydroxyl groups is 1. The summed E-state index contributed by atoms with van der Waals surface area (Å²) in [5, 5.41) is 34.1. The Morgan fingerprint density at radius 2 is 1.53 bits per heavy atom. The van der Waals surface area contributed by atoms with Gasteiger partial charge in [-0.2, -0.15) is 12.6 Å². The van der Waals surface area contributed by atoms with Crippen LogP contribution in [0.3, 0.4) is 0 Å². The monoisotopic (exact) mass is 450 g/mol. The first-order valence-corrected chi connectivity index (χ1v) is 9.94. The molecule has 0 fully saturated rings. The number of nitrogens with two attached hydrogens (primary N) is 1. The van der Waals surface area contributed by atoms with Gasteiger partial charge in [0.1, 0.15) is 18.1 Å². The largest absolute Gasteiger partial charge is 0.481 e. The van der Waals surface area contributed by atoms with Gasteiger partial charge in [-0.3, -0.25) is 19.2 Å². The Morgan fingerprint density at radius 3 is 1.97 bits per heavy atom.